The zero-order chi connectivity index (χ0) is 23.0. The van der Waals surface area contributed by atoms with E-state index in [9.17, 15) is 14.0 Å². The van der Waals surface area contributed by atoms with Gasteiger partial charge in [-0.2, -0.15) is 0 Å². The Kier molecular flexibility index (Phi) is 6.47. The molecule has 3 heterocycles. The third-order valence-electron chi connectivity index (χ3n) is 9.15. The van der Waals surface area contributed by atoms with E-state index in [1.54, 1.807) is 12.1 Å². The first-order chi connectivity index (χ1) is 16.0. The van der Waals surface area contributed by atoms with Gasteiger partial charge in [0.15, 0.2) is 0 Å². The number of benzene rings is 1. The normalized spacial score (nSPS) is 28.2. The summed E-state index contributed by atoms with van der Waals surface area (Å²) in [7, 11) is 0. The number of piperidine rings is 1. The molecule has 180 valence electrons. The molecular weight excluding hydrogens is 417 g/mol. The van der Waals surface area contributed by atoms with Crippen LogP contribution in [-0.2, 0) is 16.0 Å². The van der Waals surface area contributed by atoms with Gasteiger partial charge in [-0.05, 0) is 81.4 Å². The minimum Gasteiger partial charge on any atom is -0.341 e. The molecule has 5 nitrogen and oxygen atoms in total. The minimum atomic E-state index is -0.636. The maximum Gasteiger partial charge on any atom is 0.239 e. The van der Waals surface area contributed by atoms with Gasteiger partial charge in [0.1, 0.15) is 5.82 Å². The summed E-state index contributed by atoms with van der Waals surface area (Å²) in [5.41, 5.74) is 6.84. The molecule has 4 aliphatic rings. The van der Waals surface area contributed by atoms with Crippen LogP contribution in [0.2, 0.25) is 0 Å². The van der Waals surface area contributed by atoms with E-state index in [1.807, 2.05) is 4.90 Å². The van der Waals surface area contributed by atoms with E-state index in [4.69, 9.17) is 5.73 Å². The number of amides is 2. The van der Waals surface area contributed by atoms with Gasteiger partial charge in [-0.3, -0.25) is 9.59 Å². The molecule has 1 aromatic carbocycles. The summed E-state index contributed by atoms with van der Waals surface area (Å²) in [6.45, 7) is 1.22. The number of likely N-dealkylation sites (tertiary alicyclic amines) is 1. The second-order valence-corrected chi connectivity index (χ2v) is 10.9. The van der Waals surface area contributed by atoms with Gasteiger partial charge >= 0.3 is 0 Å². The second-order valence-electron chi connectivity index (χ2n) is 10.9. The quantitative estimate of drug-likeness (QED) is 0.729. The van der Waals surface area contributed by atoms with Crippen molar-refractivity contribution in [1.29, 1.82) is 0 Å². The highest BCUT2D eigenvalue weighted by Crippen LogP contribution is 2.50. The zero-order valence-corrected chi connectivity index (χ0v) is 19.7. The van der Waals surface area contributed by atoms with Crippen molar-refractivity contribution in [3.05, 3.63) is 35.6 Å². The van der Waals surface area contributed by atoms with Crippen LogP contribution in [0, 0.1) is 17.2 Å². The summed E-state index contributed by atoms with van der Waals surface area (Å²) in [6.07, 6.45) is 12.6. The largest absolute Gasteiger partial charge is 0.341 e. The fourth-order valence-electron chi connectivity index (χ4n) is 7.28. The lowest BCUT2D eigenvalue weighted by Gasteiger charge is -2.49. The van der Waals surface area contributed by atoms with Crippen molar-refractivity contribution >= 4 is 11.8 Å². The van der Waals surface area contributed by atoms with Crippen LogP contribution in [0.5, 0.6) is 0 Å². The van der Waals surface area contributed by atoms with Gasteiger partial charge in [-0.1, -0.05) is 31.4 Å². The Hall–Kier alpha value is -1.95. The average Bonchev–Trinajstić information content (AvgIpc) is 3.46. The summed E-state index contributed by atoms with van der Waals surface area (Å²) in [5.74, 6) is 0.515. The van der Waals surface area contributed by atoms with Crippen LogP contribution >= 0.6 is 0 Å². The number of nitrogens with zero attached hydrogens (tertiary/aromatic N) is 2. The molecule has 33 heavy (non-hydrogen) atoms. The Balaban J connectivity index is 1.28. The van der Waals surface area contributed by atoms with E-state index in [2.05, 4.69) is 4.90 Å². The molecule has 0 radical (unpaired) electrons. The first-order valence-corrected chi connectivity index (χ1v) is 13.1. The van der Waals surface area contributed by atoms with E-state index in [0.717, 1.165) is 31.2 Å². The van der Waals surface area contributed by atoms with Gasteiger partial charge in [0, 0.05) is 25.2 Å². The number of halogens is 1. The van der Waals surface area contributed by atoms with Crippen molar-refractivity contribution in [3.63, 3.8) is 0 Å². The summed E-state index contributed by atoms with van der Waals surface area (Å²) >= 11 is 0. The first-order valence-electron chi connectivity index (χ1n) is 13.1. The van der Waals surface area contributed by atoms with E-state index >= 15 is 0 Å². The van der Waals surface area contributed by atoms with Gasteiger partial charge in [0.2, 0.25) is 11.8 Å². The Morgan fingerprint density at radius 3 is 2.09 bits per heavy atom. The zero-order valence-electron chi connectivity index (χ0n) is 19.7. The summed E-state index contributed by atoms with van der Waals surface area (Å²) in [5, 5.41) is 0. The smallest absolute Gasteiger partial charge is 0.239 e. The van der Waals surface area contributed by atoms with E-state index in [1.165, 1.54) is 57.1 Å². The molecular formula is C27H38FN3O2. The number of carbonyl (C=O) groups is 2. The topological polar surface area (TPSA) is 66.6 Å². The third kappa shape index (κ3) is 4.31. The van der Waals surface area contributed by atoms with E-state index < -0.39 is 6.04 Å². The van der Waals surface area contributed by atoms with Crippen molar-refractivity contribution in [2.45, 2.75) is 95.2 Å². The highest BCUT2D eigenvalue weighted by atomic mass is 19.1. The molecule has 2 bridgehead atoms. The Labute approximate surface area is 196 Å². The Morgan fingerprint density at radius 1 is 0.939 bits per heavy atom. The molecule has 2 amide bonds. The second kappa shape index (κ2) is 9.36. The summed E-state index contributed by atoms with van der Waals surface area (Å²) < 4.78 is 13.2. The van der Waals surface area contributed by atoms with Crippen LogP contribution < -0.4 is 5.73 Å². The molecule has 0 spiro atoms. The lowest BCUT2D eigenvalue weighted by Crippen LogP contribution is -2.57. The molecule has 6 heteroatoms. The maximum atomic E-state index is 14.1. The predicted octanol–water partition coefficient (Wildman–Crippen LogP) is 4.04. The minimum absolute atomic E-state index is 0.0507. The van der Waals surface area contributed by atoms with Crippen molar-refractivity contribution in [2.75, 3.05) is 13.1 Å². The molecule has 1 saturated carbocycles. The molecule has 0 aromatic heterocycles. The SMILES string of the molecule is N[C@H](Cc1ccc(F)cc1)C(=O)N1CCC(C(=O)N2C3CCC2CC3)(C2CCCCC2)CC1. The molecule has 1 aliphatic carbocycles. The van der Waals surface area contributed by atoms with Crippen molar-refractivity contribution in [3.8, 4) is 0 Å². The van der Waals surface area contributed by atoms with Crippen LogP contribution in [0.4, 0.5) is 4.39 Å². The monoisotopic (exact) mass is 455 g/mol. The van der Waals surface area contributed by atoms with E-state index in [-0.39, 0.29) is 17.1 Å². The number of nitrogens with two attached hydrogens (primary N) is 1. The molecule has 1 atom stereocenters. The number of hydrogen-bond donors (Lipinski definition) is 1. The van der Waals surface area contributed by atoms with E-state index in [0.29, 0.717) is 43.4 Å². The fraction of sp³-hybridized carbons (Fsp3) is 0.704. The van der Waals surface area contributed by atoms with Crippen LogP contribution in [0.1, 0.15) is 76.2 Å². The number of carbonyl (C=O) groups excluding carboxylic acids is 2. The summed E-state index contributed by atoms with van der Waals surface area (Å²) in [6, 6.07) is 6.46. The van der Waals surface area contributed by atoms with Crippen LogP contribution in [0.15, 0.2) is 24.3 Å². The molecule has 5 rings (SSSR count). The average molecular weight is 456 g/mol. The molecule has 3 saturated heterocycles. The maximum absolute atomic E-state index is 14.1. The molecule has 3 aliphatic heterocycles. The van der Waals surface area contributed by atoms with Crippen LogP contribution in [-0.4, -0.2) is 52.8 Å². The number of rotatable bonds is 5. The fourth-order valence-corrected chi connectivity index (χ4v) is 7.28. The van der Waals surface area contributed by atoms with Crippen LogP contribution in [0.3, 0.4) is 0 Å². The Bertz CT molecular complexity index is 839. The van der Waals surface area contributed by atoms with Gasteiger partial charge in [0.25, 0.3) is 0 Å². The number of fused-ring (bicyclic) bond motifs is 2. The Morgan fingerprint density at radius 2 is 1.52 bits per heavy atom. The number of hydrogen-bond acceptors (Lipinski definition) is 3. The predicted molar refractivity (Wildman–Crippen MR) is 126 cm³/mol. The van der Waals surface area contributed by atoms with Gasteiger partial charge in [0.05, 0.1) is 11.5 Å². The lowest BCUT2D eigenvalue weighted by atomic mass is 9.63. The van der Waals surface area contributed by atoms with Crippen molar-refractivity contribution in [2.24, 2.45) is 17.1 Å². The molecule has 4 fully saturated rings. The van der Waals surface area contributed by atoms with Gasteiger partial charge in [-0.25, -0.2) is 4.39 Å². The van der Waals surface area contributed by atoms with Gasteiger partial charge in [-0.15, -0.1) is 0 Å². The highest BCUT2D eigenvalue weighted by molar-refractivity contribution is 5.86. The standard InChI is InChI=1S/C27H38FN3O2/c28-21-8-6-19(7-9-21)18-24(29)25(32)30-16-14-27(15-17-30,20-4-2-1-3-5-20)26(33)31-22-10-11-23(31)13-12-22/h6-9,20,22-24H,1-5,10-18,29H2/t22?,23?,24-/m1/s1. The molecule has 2 N–H and O–H groups in total. The first kappa shape index (κ1) is 22.8. The van der Waals surface area contributed by atoms with Gasteiger partial charge < -0.3 is 15.5 Å². The van der Waals surface area contributed by atoms with Crippen molar-refractivity contribution < 1.29 is 14.0 Å². The summed E-state index contributed by atoms with van der Waals surface area (Å²) in [4.78, 5) is 31.4. The van der Waals surface area contributed by atoms with Crippen molar-refractivity contribution in [1.82, 2.24) is 9.80 Å². The lowest BCUT2D eigenvalue weighted by molar-refractivity contribution is -0.155. The third-order valence-corrected chi connectivity index (χ3v) is 9.15. The molecule has 1 aromatic rings. The molecule has 0 unspecified atom stereocenters. The highest BCUT2D eigenvalue weighted by Gasteiger charge is 2.54. The van der Waals surface area contributed by atoms with Crippen LogP contribution in [0.25, 0.3) is 0 Å².